The highest BCUT2D eigenvalue weighted by atomic mass is 79.9. The molecule has 1 amide bonds. The summed E-state index contributed by atoms with van der Waals surface area (Å²) in [5.74, 6) is -0.00685. The second kappa shape index (κ2) is 5.83. The van der Waals surface area contributed by atoms with Crippen molar-refractivity contribution in [1.29, 1.82) is 0 Å². The summed E-state index contributed by atoms with van der Waals surface area (Å²) in [6, 6.07) is 4.63. The van der Waals surface area contributed by atoms with E-state index in [4.69, 9.17) is 0 Å². The Morgan fingerprint density at radius 1 is 1.39 bits per heavy atom. The van der Waals surface area contributed by atoms with Gasteiger partial charge in [-0.25, -0.2) is 4.39 Å². The van der Waals surface area contributed by atoms with E-state index >= 15 is 0 Å². The Balaban J connectivity index is 2.20. The molecule has 1 heterocycles. The fourth-order valence-corrected chi connectivity index (χ4v) is 2.84. The van der Waals surface area contributed by atoms with Crippen molar-refractivity contribution in [2.75, 3.05) is 13.1 Å². The fourth-order valence-electron chi connectivity index (χ4n) is 2.33. The van der Waals surface area contributed by atoms with Crippen LogP contribution in [0.4, 0.5) is 4.39 Å². The third kappa shape index (κ3) is 2.91. The molecule has 0 saturated carbocycles. The van der Waals surface area contributed by atoms with Crippen molar-refractivity contribution >= 4 is 21.8 Å². The smallest absolute Gasteiger partial charge is 0.257 e. The molecule has 1 fully saturated rings. The first-order valence-electron chi connectivity index (χ1n) is 6.33. The first kappa shape index (κ1) is 13.5. The summed E-state index contributed by atoms with van der Waals surface area (Å²) in [5, 5.41) is 0. The lowest BCUT2D eigenvalue weighted by Crippen LogP contribution is -2.32. The maximum Gasteiger partial charge on any atom is 0.257 e. The molecule has 1 aliphatic rings. The molecule has 1 aliphatic heterocycles. The molecule has 0 aliphatic carbocycles. The van der Waals surface area contributed by atoms with Crippen molar-refractivity contribution in [1.82, 2.24) is 4.90 Å². The second-order valence-electron chi connectivity index (χ2n) is 4.92. The zero-order chi connectivity index (χ0) is 13.1. The molecule has 2 nitrogen and oxygen atoms in total. The Kier molecular flexibility index (Phi) is 4.38. The number of carbonyl (C=O) groups is 1. The molecule has 0 bridgehead atoms. The highest BCUT2D eigenvalue weighted by molar-refractivity contribution is 9.10. The quantitative estimate of drug-likeness (QED) is 0.771. The summed E-state index contributed by atoms with van der Waals surface area (Å²) in [6.45, 7) is 3.65. The Morgan fingerprint density at radius 2 is 2.17 bits per heavy atom. The lowest BCUT2D eigenvalue weighted by molar-refractivity contribution is 0.0754. The molecule has 2 rings (SSSR count). The van der Waals surface area contributed by atoms with Crippen molar-refractivity contribution in [2.24, 2.45) is 5.92 Å². The van der Waals surface area contributed by atoms with Gasteiger partial charge in [-0.05, 0) is 53.2 Å². The van der Waals surface area contributed by atoms with Gasteiger partial charge in [-0.15, -0.1) is 0 Å². The molecular weight excluding hydrogens is 297 g/mol. The number of hydrogen-bond acceptors (Lipinski definition) is 1. The summed E-state index contributed by atoms with van der Waals surface area (Å²) < 4.78 is 14.3. The van der Waals surface area contributed by atoms with Gasteiger partial charge in [0.1, 0.15) is 5.82 Å². The van der Waals surface area contributed by atoms with Crippen molar-refractivity contribution in [2.45, 2.75) is 26.2 Å². The molecule has 98 valence electrons. The first-order chi connectivity index (χ1) is 8.59. The van der Waals surface area contributed by atoms with Crippen molar-refractivity contribution in [3.63, 3.8) is 0 Å². The van der Waals surface area contributed by atoms with Crippen molar-refractivity contribution < 1.29 is 9.18 Å². The number of halogens is 2. The summed E-state index contributed by atoms with van der Waals surface area (Å²) in [5.41, 5.74) is 0.159. The van der Waals surface area contributed by atoms with Crippen LogP contribution in [-0.2, 0) is 0 Å². The van der Waals surface area contributed by atoms with Gasteiger partial charge in [0.15, 0.2) is 0 Å². The number of rotatable bonds is 1. The molecule has 18 heavy (non-hydrogen) atoms. The van der Waals surface area contributed by atoms with Crippen LogP contribution in [0.15, 0.2) is 22.7 Å². The van der Waals surface area contributed by atoms with Gasteiger partial charge in [-0.1, -0.05) is 13.0 Å². The fraction of sp³-hybridized carbons (Fsp3) is 0.500. The van der Waals surface area contributed by atoms with E-state index in [0.29, 0.717) is 10.4 Å². The summed E-state index contributed by atoms with van der Waals surface area (Å²) in [7, 11) is 0. The Bertz CT molecular complexity index is 429. The van der Waals surface area contributed by atoms with Crippen LogP contribution in [0.3, 0.4) is 0 Å². The van der Waals surface area contributed by atoms with Gasteiger partial charge >= 0.3 is 0 Å². The lowest BCUT2D eigenvalue weighted by atomic mass is 10.0. The van der Waals surface area contributed by atoms with E-state index in [1.165, 1.54) is 6.07 Å². The number of hydrogen-bond donors (Lipinski definition) is 0. The predicted octanol–water partition coefficient (Wildman–Crippen LogP) is 3.85. The SMILES string of the molecule is CC1CCCN(C(=O)c2c(F)cccc2Br)CC1. The number of amides is 1. The summed E-state index contributed by atoms with van der Waals surface area (Å²) >= 11 is 3.26. The Labute approximate surface area is 115 Å². The zero-order valence-electron chi connectivity index (χ0n) is 10.5. The standard InChI is InChI=1S/C14H17BrFNO/c1-10-4-3-8-17(9-7-10)14(18)13-11(15)5-2-6-12(13)16/h2,5-6,10H,3-4,7-9H2,1H3. The highest BCUT2D eigenvalue weighted by Gasteiger charge is 2.23. The van der Waals surface area contributed by atoms with Crippen LogP contribution in [-0.4, -0.2) is 23.9 Å². The van der Waals surface area contributed by atoms with E-state index in [0.717, 1.165) is 32.4 Å². The minimum absolute atomic E-state index is 0.159. The zero-order valence-corrected chi connectivity index (χ0v) is 12.0. The molecule has 0 aromatic heterocycles. The van der Waals surface area contributed by atoms with Crippen LogP contribution < -0.4 is 0 Å². The third-order valence-corrected chi connectivity index (χ3v) is 4.14. The van der Waals surface area contributed by atoms with E-state index in [1.54, 1.807) is 17.0 Å². The van der Waals surface area contributed by atoms with Gasteiger partial charge in [0.05, 0.1) is 5.56 Å². The van der Waals surface area contributed by atoms with Crippen LogP contribution in [0, 0.1) is 11.7 Å². The number of carbonyl (C=O) groups excluding carboxylic acids is 1. The minimum Gasteiger partial charge on any atom is -0.339 e. The molecule has 0 radical (unpaired) electrons. The average molecular weight is 314 g/mol. The maximum atomic E-state index is 13.8. The number of nitrogens with zero attached hydrogens (tertiary/aromatic N) is 1. The van der Waals surface area contributed by atoms with Gasteiger partial charge in [0.25, 0.3) is 5.91 Å². The van der Waals surface area contributed by atoms with Gasteiger partial charge in [0, 0.05) is 17.6 Å². The number of benzene rings is 1. The topological polar surface area (TPSA) is 20.3 Å². The van der Waals surface area contributed by atoms with Gasteiger partial charge in [-0.3, -0.25) is 4.79 Å². The van der Waals surface area contributed by atoms with E-state index < -0.39 is 5.82 Å². The molecule has 1 aromatic rings. The summed E-state index contributed by atoms with van der Waals surface area (Å²) in [4.78, 5) is 14.1. The van der Waals surface area contributed by atoms with E-state index in [-0.39, 0.29) is 11.5 Å². The molecule has 1 aromatic carbocycles. The molecule has 0 N–H and O–H groups in total. The normalized spacial score (nSPS) is 20.6. The predicted molar refractivity (Wildman–Crippen MR) is 73.0 cm³/mol. The first-order valence-corrected chi connectivity index (χ1v) is 7.12. The maximum absolute atomic E-state index is 13.8. The lowest BCUT2D eigenvalue weighted by Gasteiger charge is -2.21. The molecular formula is C14H17BrFNO. The Morgan fingerprint density at radius 3 is 2.89 bits per heavy atom. The van der Waals surface area contributed by atoms with Crippen LogP contribution in [0.1, 0.15) is 36.5 Å². The molecule has 1 saturated heterocycles. The van der Waals surface area contributed by atoms with Crippen LogP contribution in [0.25, 0.3) is 0 Å². The van der Waals surface area contributed by atoms with Crippen LogP contribution in [0.5, 0.6) is 0 Å². The van der Waals surface area contributed by atoms with E-state index in [1.807, 2.05) is 0 Å². The highest BCUT2D eigenvalue weighted by Crippen LogP contribution is 2.24. The molecule has 0 spiro atoms. The van der Waals surface area contributed by atoms with E-state index in [2.05, 4.69) is 22.9 Å². The largest absolute Gasteiger partial charge is 0.339 e. The van der Waals surface area contributed by atoms with Gasteiger partial charge in [0.2, 0.25) is 0 Å². The second-order valence-corrected chi connectivity index (χ2v) is 5.78. The summed E-state index contributed by atoms with van der Waals surface area (Å²) in [6.07, 6.45) is 3.14. The molecule has 4 heteroatoms. The van der Waals surface area contributed by atoms with Crippen LogP contribution in [0.2, 0.25) is 0 Å². The average Bonchev–Trinajstić information content (AvgIpc) is 2.53. The minimum atomic E-state index is -0.452. The molecule has 1 atom stereocenters. The third-order valence-electron chi connectivity index (χ3n) is 3.48. The number of likely N-dealkylation sites (tertiary alicyclic amines) is 1. The van der Waals surface area contributed by atoms with Crippen molar-refractivity contribution in [3.8, 4) is 0 Å². The van der Waals surface area contributed by atoms with Gasteiger partial charge < -0.3 is 4.90 Å². The van der Waals surface area contributed by atoms with E-state index in [9.17, 15) is 9.18 Å². The molecule has 1 unspecified atom stereocenters. The van der Waals surface area contributed by atoms with Crippen LogP contribution >= 0.6 is 15.9 Å². The van der Waals surface area contributed by atoms with Gasteiger partial charge in [-0.2, -0.15) is 0 Å². The monoisotopic (exact) mass is 313 g/mol. The van der Waals surface area contributed by atoms with Crippen molar-refractivity contribution in [3.05, 3.63) is 34.1 Å². The Hall–Kier alpha value is -0.900.